The van der Waals surface area contributed by atoms with Crippen molar-refractivity contribution >= 4 is 5.91 Å². The fourth-order valence-corrected chi connectivity index (χ4v) is 3.64. The fraction of sp³-hybridized carbons (Fsp3) is 0.650. The second kappa shape index (κ2) is 9.71. The molecule has 0 spiro atoms. The molecule has 1 aromatic carbocycles. The summed E-state index contributed by atoms with van der Waals surface area (Å²) in [6, 6.07) is 10.1. The van der Waals surface area contributed by atoms with Gasteiger partial charge in [0.2, 0.25) is 5.91 Å². The maximum absolute atomic E-state index is 12.8. The van der Waals surface area contributed by atoms with Crippen molar-refractivity contribution in [1.29, 1.82) is 0 Å². The molecule has 2 rings (SSSR count). The van der Waals surface area contributed by atoms with E-state index in [-0.39, 0.29) is 18.4 Å². The van der Waals surface area contributed by atoms with Crippen LogP contribution < -0.4 is 0 Å². The van der Waals surface area contributed by atoms with Crippen LogP contribution in [0.3, 0.4) is 0 Å². The van der Waals surface area contributed by atoms with E-state index in [1.807, 2.05) is 35.2 Å². The fourth-order valence-electron chi connectivity index (χ4n) is 3.64. The molecule has 1 fully saturated rings. The molecule has 1 aliphatic carbocycles. The molecule has 0 heterocycles. The summed E-state index contributed by atoms with van der Waals surface area (Å²) in [7, 11) is 0. The standard InChI is InChI=1S/C20H31NO2/c1-2-3-7-17-10-12-19(13-11-17)20(23)21(14-15-22)16-18-8-5-4-6-9-18/h4-6,8-9,17,19,22H,2-3,7,10-16H2,1H3. The van der Waals surface area contributed by atoms with Gasteiger partial charge >= 0.3 is 0 Å². The maximum atomic E-state index is 12.8. The molecule has 0 bridgehead atoms. The average Bonchev–Trinajstić information content (AvgIpc) is 2.60. The molecular formula is C20H31NO2. The van der Waals surface area contributed by atoms with Crippen LogP contribution in [0.5, 0.6) is 0 Å². The largest absolute Gasteiger partial charge is 0.395 e. The topological polar surface area (TPSA) is 40.5 Å². The zero-order valence-corrected chi connectivity index (χ0v) is 14.4. The first-order valence-corrected chi connectivity index (χ1v) is 9.18. The number of carbonyl (C=O) groups excluding carboxylic acids is 1. The number of nitrogens with zero attached hydrogens (tertiary/aromatic N) is 1. The number of aliphatic hydroxyl groups excluding tert-OH is 1. The predicted molar refractivity (Wildman–Crippen MR) is 93.9 cm³/mol. The smallest absolute Gasteiger partial charge is 0.226 e. The summed E-state index contributed by atoms with van der Waals surface area (Å²) in [5, 5.41) is 9.31. The van der Waals surface area contributed by atoms with Crippen LogP contribution in [0.4, 0.5) is 0 Å². The van der Waals surface area contributed by atoms with E-state index < -0.39 is 0 Å². The molecule has 3 nitrogen and oxygen atoms in total. The molecule has 0 radical (unpaired) electrons. The number of hydrogen-bond acceptors (Lipinski definition) is 2. The van der Waals surface area contributed by atoms with Gasteiger partial charge in [0.25, 0.3) is 0 Å². The lowest BCUT2D eigenvalue weighted by Gasteiger charge is -2.32. The summed E-state index contributed by atoms with van der Waals surface area (Å²) in [6.45, 7) is 3.31. The second-order valence-corrected chi connectivity index (χ2v) is 6.83. The van der Waals surface area contributed by atoms with Crippen molar-refractivity contribution in [2.24, 2.45) is 11.8 Å². The molecule has 3 heteroatoms. The normalized spacial score (nSPS) is 21.1. The SMILES string of the molecule is CCCCC1CCC(C(=O)N(CCO)Cc2ccccc2)CC1. The molecular weight excluding hydrogens is 286 g/mol. The molecule has 128 valence electrons. The lowest BCUT2D eigenvalue weighted by atomic mass is 9.79. The number of carbonyl (C=O) groups is 1. The Hall–Kier alpha value is -1.35. The number of benzene rings is 1. The van der Waals surface area contributed by atoms with Gasteiger partial charge in [-0.25, -0.2) is 0 Å². The van der Waals surface area contributed by atoms with Crippen molar-refractivity contribution in [2.45, 2.75) is 58.4 Å². The van der Waals surface area contributed by atoms with Gasteiger partial charge in [0, 0.05) is 19.0 Å². The van der Waals surface area contributed by atoms with E-state index in [4.69, 9.17) is 0 Å². The first-order valence-electron chi connectivity index (χ1n) is 9.18. The summed E-state index contributed by atoms with van der Waals surface area (Å²) < 4.78 is 0. The summed E-state index contributed by atoms with van der Waals surface area (Å²) in [6.07, 6.45) is 8.31. The van der Waals surface area contributed by atoms with E-state index in [1.54, 1.807) is 0 Å². The third-order valence-corrected chi connectivity index (χ3v) is 5.06. The molecule has 0 atom stereocenters. The Morgan fingerprint density at radius 3 is 2.48 bits per heavy atom. The molecule has 0 saturated heterocycles. The van der Waals surface area contributed by atoms with E-state index in [0.717, 1.165) is 24.3 Å². The van der Waals surface area contributed by atoms with E-state index in [1.165, 1.54) is 32.1 Å². The van der Waals surface area contributed by atoms with Crippen LogP contribution in [-0.2, 0) is 11.3 Å². The van der Waals surface area contributed by atoms with Crippen LogP contribution in [0.2, 0.25) is 0 Å². The Balaban J connectivity index is 1.88. The summed E-state index contributed by atoms with van der Waals surface area (Å²) in [4.78, 5) is 14.7. The minimum atomic E-state index is 0.0322. The quantitative estimate of drug-likeness (QED) is 0.787. The van der Waals surface area contributed by atoms with Gasteiger partial charge in [0.05, 0.1) is 6.61 Å². The predicted octanol–water partition coefficient (Wildman–Crippen LogP) is 4.00. The van der Waals surface area contributed by atoms with Crippen molar-refractivity contribution in [3.63, 3.8) is 0 Å². The van der Waals surface area contributed by atoms with Gasteiger partial charge < -0.3 is 10.0 Å². The molecule has 23 heavy (non-hydrogen) atoms. The Labute approximate surface area is 140 Å². The van der Waals surface area contributed by atoms with E-state index in [2.05, 4.69) is 6.92 Å². The summed E-state index contributed by atoms with van der Waals surface area (Å²) >= 11 is 0. The van der Waals surface area contributed by atoms with Crippen molar-refractivity contribution in [1.82, 2.24) is 4.90 Å². The van der Waals surface area contributed by atoms with E-state index in [9.17, 15) is 9.90 Å². The number of amides is 1. The van der Waals surface area contributed by atoms with Gasteiger partial charge in [0.15, 0.2) is 0 Å². The highest BCUT2D eigenvalue weighted by Crippen LogP contribution is 2.33. The molecule has 1 saturated carbocycles. The van der Waals surface area contributed by atoms with Crippen LogP contribution in [0.1, 0.15) is 57.4 Å². The highest BCUT2D eigenvalue weighted by atomic mass is 16.3. The first kappa shape index (κ1) is 18.0. The Kier molecular flexibility index (Phi) is 7.60. The van der Waals surface area contributed by atoms with Gasteiger partial charge in [0.1, 0.15) is 0 Å². The Morgan fingerprint density at radius 2 is 1.87 bits per heavy atom. The zero-order chi connectivity index (χ0) is 16.5. The molecule has 0 aliphatic heterocycles. The van der Waals surface area contributed by atoms with Gasteiger partial charge in [-0.3, -0.25) is 4.79 Å². The van der Waals surface area contributed by atoms with Crippen molar-refractivity contribution in [2.75, 3.05) is 13.2 Å². The third kappa shape index (κ3) is 5.65. The van der Waals surface area contributed by atoms with Crippen molar-refractivity contribution in [3.05, 3.63) is 35.9 Å². The average molecular weight is 317 g/mol. The van der Waals surface area contributed by atoms with Crippen LogP contribution in [-0.4, -0.2) is 29.1 Å². The molecule has 0 aromatic heterocycles. The molecule has 1 N–H and O–H groups in total. The minimum Gasteiger partial charge on any atom is -0.395 e. The van der Waals surface area contributed by atoms with Crippen LogP contribution in [0.15, 0.2) is 30.3 Å². The molecule has 1 amide bonds. The zero-order valence-electron chi connectivity index (χ0n) is 14.4. The Morgan fingerprint density at radius 1 is 1.17 bits per heavy atom. The highest BCUT2D eigenvalue weighted by Gasteiger charge is 2.29. The molecule has 1 aliphatic rings. The third-order valence-electron chi connectivity index (χ3n) is 5.06. The van der Waals surface area contributed by atoms with Gasteiger partial charge in [-0.1, -0.05) is 56.5 Å². The van der Waals surface area contributed by atoms with Crippen LogP contribution in [0, 0.1) is 11.8 Å². The number of hydrogen-bond donors (Lipinski definition) is 1. The van der Waals surface area contributed by atoms with Gasteiger partial charge in [-0.15, -0.1) is 0 Å². The Bertz CT molecular complexity index is 452. The van der Waals surface area contributed by atoms with Crippen LogP contribution >= 0.6 is 0 Å². The van der Waals surface area contributed by atoms with Crippen molar-refractivity contribution in [3.8, 4) is 0 Å². The van der Waals surface area contributed by atoms with Crippen molar-refractivity contribution < 1.29 is 9.90 Å². The number of unbranched alkanes of at least 4 members (excludes halogenated alkanes) is 1. The number of rotatable bonds is 8. The van der Waals surface area contributed by atoms with E-state index in [0.29, 0.717) is 13.1 Å². The highest BCUT2D eigenvalue weighted by molar-refractivity contribution is 5.79. The first-order chi connectivity index (χ1) is 11.2. The van der Waals surface area contributed by atoms with Crippen LogP contribution in [0.25, 0.3) is 0 Å². The number of aliphatic hydroxyl groups is 1. The molecule has 0 unspecified atom stereocenters. The second-order valence-electron chi connectivity index (χ2n) is 6.83. The summed E-state index contributed by atoms with van der Waals surface area (Å²) in [5.74, 6) is 1.21. The lowest BCUT2D eigenvalue weighted by molar-refractivity contribution is -0.138. The van der Waals surface area contributed by atoms with Gasteiger partial charge in [-0.2, -0.15) is 0 Å². The minimum absolute atomic E-state index is 0.0322. The lowest BCUT2D eigenvalue weighted by Crippen LogP contribution is -2.39. The maximum Gasteiger partial charge on any atom is 0.226 e. The van der Waals surface area contributed by atoms with Gasteiger partial charge in [-0.05, 0) is 37.2 Å². The monoisotopic (exact) mass is 317 g/mol. The molecule has 1 aromatic rings. The summed E-state index contributed by atoms with van der Waals surface area (Å²) in [5.41, 5.74) is 1.13. The van der Waals surface area contributed by atoms with E-state index >= 15 is 0 Å².